The molecule has 1 aromatic heterocycles. The molecule has 2 heterocycles. The summed E-state index contributed by atoms with van der Waals surface area (Å²) in [5.41, 5.74) is 1.55. The summed E-state index contributed by atoms with van der Waals surface area (Å²) < 4.78 is 13.7. The van der Waals surface area contributed by atoms with Gasteiger partial charge in [0, 0.05) is 29.8 Å². The standard InChI is InChI=1S/C25H25FN4O4/c26-18-6-3-4-15(8-18)9-21(24(33)28-19(14-31)10-17-12-27-13-23(17)32)30-25(34)22-11-16-5-1-2-7-20(16)29-22/h1-8,11,14,17,19,21,27,29H,9-10,12-13H2,(H,28,33)(H,30,34)/t17-,19+,21+/m1/s1. The number of hydrogen-bond donors (Lipinski definition) is 4. The van der Waals surface area contributed by atoms with E-state index >= 15 is 0 Å². The molecule has 2 amide bonds. The average molecular weight is 464 g/mol. The van der Waals surface area contributed by atoms with Crippen molar-refractivity contribution < 1.29 is 23.6 Å². The smallest absolute Gasteiger partial charge is 0.268 e. The van der Waals surface area contributed by atoms with Gasteiger partial charge < -0.3 is 25.7 Å². The minimum atomic E-state index is -1.07. The normalized spacial score (nSPS) is 17.3. The number of carbonyl (C=O) groups excluding carboxylic acids is 4. The summed E-state index contributed by atoms with van der Waals surface area (Å²) in [6, 6.07) is 12.8. The fourth-order valence-electron chi connectivity index (χ4n) is 4.12. The van der Waals surface area contributed by atoms with Gasteiger partial charge in [-0.05, 0) is 36.2 Å². The summed E-state index contributed by atoms with van der Waals surface area (Å²) in [5.74, 6) is -1.94. The van der Waals surface area contributed by atoms with Crippen molar-refractivity contribution >= 4 is 34.8 Å². The summed E-state index contributed by atoms with van der Waals surface area (Å²) in [7, 11) is 0. The Morgan fingerprint density at radius 3 is 2.65 bits per heavy atom. The van der Waals surface area contributed by atoms with E-state index in [1.165, 1.54) is 18.2 Å². The first-order chi connectivity index (χ1) is 16.4. The number of nitrogens with one attached hydrogen (secondary N) is 4. The second-order valence-corrected chi connectivity index (χ2v) is 8.41. The van der Waals surface area contributed by atoms with Crippen LogP contribution in [-0.4, -0.2) is 54.0 Å². The minimum absolute atomic E-state index is 0.00970. The summed E-state index contributed by atoms with van der Waals surface area (Å²) in [6.45, 7) is 0.690. The molecular weight excluding hydrogens is 439 g/mol. The number of fused-ring (bicyclic) bond motifs is 1. The molecule has 1 fully saturated rings. The Morgan fingerprint density at radius 1 is 1.12 bits per heavy atom. The van der Waals surface area contributed by atoms with Crippen molar-refractivity contribution in [2.75, 3.05) is 13.1 Å². The second kappa shape index (κ2) is 10.4. The molecule has 34 heavy (non-hydrogen) atoms. The molecule has 0 radical (unpaired) electrons. The number of carbonyl (C=O) groups is 4. The number of rotatable bonds is 9. The van der Waals surface area contributed by atoms with E-state index in [9.17, 15) is 23.6 Å². The van der Waals surface area contributed by atoms with E-state index < -0.39 is 29.7 Å². The molecule has 3 atom stereocenters. The SMILES string of the molecule is O=C[C@H](C[C@@H]1CNCC1=O)NC(=O)[C@H](Cc1cccc(F)c1)NC(=O)c1cc2ccccc2[nH]1. The highest BCUT2D eigenvalue weighted by atomic mass is 19.1. The van der Waals surface area contributed by atoms with Crippen molar-refractivity contribution in [1.82, 2.24) is 20.9 Å². The molecule has 3 aromatic rings. The molecule has 4 N–H and O–H groups in total. The van der Waals surface area contributed by atoms with Gasteiger partial charge in [0.05, 0.1) is 12.6 Å². The van der Waals surface area contributed by atoms with Gasteiger partial charge in [-0.1, -0.05) is 30.3 Å². The maximum Gasteiger partial charge on any atom is 0.268 e. The van der Waals surface area contributed by atoms with Crippen LogP contribution in [0.4, 0.5) is 4.39 Å². The number of aldehydes is 1. The van der Waals surface area contributed by atoms with Crippen molar-refractivity contribution in [2.24, 2.45) is 5.92 Å². The van der Waals surface area contributed by atoms with E-state index in [4.69, 9.17) is 0 Å². The van der Waals surface area contributed by atoms with Crippen molar-refractivity contribution in [3.05, 3.63) is 71.7 Å². The monoisotopic (exact) mass is 464 g/mol. The van der Waals surface area contributed by atoms with Crippen LogP contribution in [0.5, 0.6) is 0 Å². The van der Waals surface area contributed by atoms with E-state index in [1.54, 1.807) is 12.1 Å². The molecule has 0 bridgehead atoms. The minimum Gasteiger partial charge on any atom is -0.351 e. The molecule has 0 saturated carbocycles. The van der Waals surface area contributed by atoms with Crippen LogP contribution in [0.25, 0.3) is 10.9 Å². The number of Topliss-reactive ketones (excluding diaryl/α,β-unsaturated/α-hetero) is 1. The molecule has 4 rings (SSSR count). The zero-order valence-corrected chi connectivity index (χ0v) is 18.3. The molecule has 0 spiro atoms. The van der Waals surface area contributed by atoms with Gasteiger partial charge in [-0.15, -0.1) is 0 Å². The van der Waals surface area contributed by atoms with Crippen LogP contribution >= 0.6 is 0 Å². The number of aromatic amines is 1. The predicted molar refractivity (Wildman–Crippen MR) is 124 cm³/mol. The lowest BCUT2D eigenvalue weighted by atomic mass is 9.98. The first kappa shape index (κ1) is 23.3. The Morgan fingerprint density at radius 2 is 1.94 bits per heavy atom. The van der Waals surface area contributed by atoms with E-state index in [1.807, 2.05) is 24.3 Å². The van der Waals surface area contributed by atoms with Crippen LogP contribution in [0.1, 0.15) is 22.5 Å². The highest BCUT2D eigenvalue weighted by Gasteiger charge is 2.30. The summed E-state index contributed by atoms with van der Waals surface area (Å²) >= 11 is 0. The van der Waals surface area contributed by atoms with Crippen LogP contribution in [0, 0.1) is 11.7 Å². The molecule has 0 unspecified atom stereocenters. The highest BCUT2D eigenvalue weighted by molar-refractivity contribution is 6.00. The van der Waals surface area contributed by atoms with Crippen LogP contribution in [0.2, 0.25) is 0 Å². The number of halogens is 1. The molecule has 8 nitrogen and oxygen atoms in total. The van der Waals surface area contributed by atoms with Gasteiger partial charge >= 0.3 is 0 Å². The molecule has 1 saturated heterocycles. The lowest BCUT2D eigenvalue weighted by molar-refractivity contribution is -0.126. The van der Waals surface area contributed by atoms with Crippen molar-refractivity contribution in [3.8, 4) is 0 Å². The van der Waals surface area contributed by atoms with Gasteiger partial charge in [0.15, 0.2) is 5.78 Å². The third kappa shape index (κ3) is 5.55. The van der Waals surface area contributed by atoms with Crippen LogP contribution < -0.4 is 16.0 Å². The Kier molecular flexibility index (Phi) is 7.12. The van der Waals surface area contributed by atoms with E-state index in [-0.39, 0.29) is 36.8 Å². The molecular formula is C25H25FN4O4. The topological polar surface area (TPSA) is 120 Å². The van der Waals surface area contributed by atoms with Gasteiger partial charge in [-0.3, -0.25) is 14.4 Å². The van der Waals surface area contributed by atoms with Crippen molar-refractivity contribution in [1.29, 1.82) is 0 Å². The van der Waals surface area contributed by atoms with Crippen molar-refractivity contribution in [3.63, 3.8) is 0 Å². The van der Waals surface area contributed by atoms with Crippen LogP contribution in [0.3, 0.4) is 0 Å². The number of hydrogen-bond acceptors (Lipinski definition) is 5. The summed E-state index contributed by atoms with van der Waals surface area (Å²) in [5, 5.41) is 9.11. The number of aromatic nitrogens is 1. The van der Waals surface area contributed by atoms with Gasteiger partial charge in [0.25, 0.3) is 5.91 Å². The maximum absolute atomic E-state index is 13.7. The van der Waals surface area contributed by atoms with E-state index in [0.29, 0.717) is 18.4 Å². The van der Waals surface area contributed by atoms with Gasteiger partial charge in [0.2, 0.25) is 5.91 Å². The van der Waals surface area contributed by atoms with Crippen LogP contribution in [0.15, 0.2) is 54.6 Å². The third-order valence-electron chi connectivity index (χ3n) is 5.90. The first-order valence-electron chi connectivity index (χ1n) is 11.0. The number of ketones is 1. The van der Waals surface area contributed by atoms with Crippen LogP contribution in [-0.2, 0) is 20.8 Å². The van der Waals surface area contributed by atoms with Gasteiger partial charge in [-0.2, -0.15) is 0 Å². The third-order valence-corrected chi connectivity index (χ3v) is 5.90. The number of H-pyrrole nitrogens is 1. The maximum atomic E-state index is 13.7. The van der Waals surface area contributed by atoms with Gasteiger partial charge in [-0.25, -0.2) is 4.39 Å². The zero-order chi connectivity index (χ0) is 24.1. The Labute approximate surface area is 195 Å². The number of amides is 2. The fourth-order valence-corrected chi connectivity index (χ4v) is 4.12. The first-order valence-corrected chi connectivity index (χ1v) is 11.0. The van der Waals surface area contributed by atoms with Crippen molar-refractivity contribution in [2.45, 2.75) is 24.9 Å². The summed E-state index contributed by atoms with van der Waals surface area (Å²) in [6.07, 6.45) is 0.775. The average Bonchev–Trinajstić information content (AvgIpc) is 3.44. The quantitative estimate of drug-likeness (QED) is 0.358. The largest absolute Gasteiger partial charge is 0.351 e. The van der Waals surface area contributed by atoms with E-state index in [0.717, 1.165) is 10.9 Å². The number of para-hydroxylation sites is 1. The summed E-state index contributed by atoms with van der Waals surface area (Å²) in [4.78, 5) is 52.6. The molecule has 1 aliphatic heterocycles. The highest BCUT2D eigenvalue weighted by Crippen LogP contribution is 2.16. The van der Waals surface area contributed by atoms with E-state index in [2.05, 4.69) is 20.9 Å². The Balaban J connectivity index is 1.51. The Hall–Kier alpha value is -3.85. The molecule has 176 valence electrons. The molecule has 2 aromatic carbocycles. The predicted octanol–water partition coefficient (Wildman–Crippen LogP) is 1.51. The lowest BCUT2D eigenvalue weighted by Gasteiger charge is -2.22. The molecule has 9 heteroatoms. The zero-order valence-electron chi connectivity index (χ0n) is 18.3. The van der Waals surface area contributed by atoms with Gasteiger partial charge in [0.1, 0.15) is 23.8 Å². The lowest BCUT2D eigenvalue weighted by Crippen LogP contribution is -2.51. The molecule has 1 aliphatic rings. The Bertz CT molecular complexity index is 1190. The fraction of sp³-hybridized carbons (Fsp3) is 0.280. The number of benzene rings is 2. The molecule has 0 aliphatic carbocycles. The second-order valence-electron chi connectivity index (χ2n) is 8.41.